The number of aryl methyl sites for hydroxylation is 1. The van der Waals surface area contributed by atoms with Crippen molar-refractivity contribution in [2.24, 2.45) is 0 Å². The Kier molecular flexibility index (Phi) is 6.73. The van der Waals surface area contributed by atoms with Crippen LogP contribution >= 0.6 is 0 Å². The Morgan fingerprint density at radius 1 is 1.21 bits per heavy atom. The van der Waals surface area contributed by atoms with Crippen LogP contribution in [0.5, 0.6) is 0 Å². The lowest BCUT2D eigenvalue weighted by Gasteiger charge is -2.35. The summed E-state index contributed by atoms with van der Waals surface area (Å²) in [5.41, 5.74) is -1.89. The van der Waals surface area contributed by atoms with E-state index in [4.69, 9.17) is 0 Å². The van der Waals surface area contributed by atoms with Gasteiger partial charge in [-0.15, -0.1) is 0 Å². The molecule has 4 rings (SSSR count). The molecule has 0 bridgehead atoms. The van der Waals surface area contributed by atoms with Crippen molar-refractivity contribution in [2.75, 3.05) is 37.9 Å². The largest absolute Gasteiger partial charge is 0.382 e. The van der Waals surface area contributed by atoms with Gasteiger partial charge in [-0.25, -0.2) is 14.4 Å². The summed E-state index contributed by atoms with van der Waals surface area (Å²) in [7, 11) is 4.82. The third-order valence-electron chi connectivity index (χ3n) is 7.29. The van der Waals surface area contributed by atoms with Gasteiger partial charge in [0.15, 0.2) is 0 Å². The summed E-state index contributed by atoms with van der Waals surface area (Å²) in [4.78, 5) is 24.9. The van der Waals surface area contributed by atoms with Crippen molar-refractivity contribution in [1.29, 1.82) is 0 Å². The summed E-state index contributed by atoms with van der Waals surface area (Å²) in [6.45, 7) is 7.73. The van der Waals surface area contributed by atoms with E-state index in [0.29, 0.717) is 22.5 Å². The normalized spacial score (nSPS) is 17.6. The van der Waals surface area contributed by atoms with E-state index < -0.39 is 34.4 Å². The second kappa shape index (κ2) is 9.20. The molecule has 1 aromatic heterocycles. The average Bonchev–Trinajstić information content (AvgIpc) is 2.96. The molecule has 10 heteroatoms. The molecule has 0 saturated carbocycles. The lowest BCUT2D eigenvalue weighted by molar-refractivity contribution is -0.186. The van der Waals surface area contributed by atoms with Crippen LogP contribution in [0.1, 0.15) is 56.3 Å². The molecule has 0 aliphatic carbocycles. The third-order valence-corrected chi connectivity index (χ3v) is 7.29. The van der Waals surface area contributed by atoms with Crippen LogP contribution in [-0.4, -0.2) is 59.2 Å². The van der Waals surface area contributed by atoms with Gasteiger partial charge in [0.25, 0.3) is 0 Å². The molecule has 2 atom stereocenters. The zero-order valence-corrected chi connectivity index (χ0v) is 22.9. The number of anilines is 2. The number of benzene rings is 2. The van der Waals surface area contributed by atoms with Gasteiger partial charge in [-0.3, -0.25) is 4.79 Å². The fraction of sp³-hybridized carbons (Fsp3) is 0.464. The molecule has 0 saturated heterocycles. The van der Waals surface area contributed by atoms with Crippen LogP contribution in [0.4, 0.5) is 24.7 Å². The van der Waals surface area contributed by atoms with Gasteiger partial charge in [-0.1, -0.05) is 12.1 Å². The number of alkyl halides is 2. The van der Waals surface area contributed by atoms with Crippen molar-refractivity contribution < 1.29 is 23.1 Å². The maximum Gasteiger partial charge on any atom is 0.305 e. The number of nitrogens with one attached hydrogen (secondary N) is 1. The van der Waals surface area contributed by atoms with Gasteiger partial charge in [0, 0.05) is 30.2 Å². The molecule has 0 unspecified atom stereocenters. The fourth-order valence-electron chi connectivity index (χ4n) is 5.23. The Hall–Kier alpha value is -3.24. The monoisotopic (exact) mass is 529 g/mol. The molecular formula is C28H34F3N5O2. The quantitative estimate of drug-likeness (QED) is 0.453. The number of likely N-dealkylation sites (N-methyl/N-ethyl adjacent to an activating group) is 2. The first kappa shape index (κ1) is 27.8. The van der Waals surface area contributed by atoms with Gasteiger partial charge in [0.2, 0.25) is 5.91 Å². The van der Waals surface area contributed by atoms with Gasteiger partial charge in [0.05, 0.1) is 22.5 Å². The third kappa shape index (κ3) is 4.39. The molecule has 1 amide bonds. The van der Waals surface area contributed by atoms with Crippen molar-refractivity contribution in [1.82, 2.24) is 14.9 Å². The topological polar surface area (TPSA) is 81.6 Å². The van der Waals surface area contributed by atoms with Crippen molar-refractivity contribution in [3.63, 3.8) is 0 Å². The first-order valence-electron chi connectivity index (χ1n) is 12.4. The second-order valence-corrected chi connectivity index (χ2v) is 11.2. The van der Waals surface area contributed by atoms with Gasteiger partial charge >= 0.3 is 5.92 Å². The van der Waals surface area contributed by atoms with Crippen molar-refractivity contribution >= 4 is 28.3 Å². The molecule has 7 nitrogen and oxygen atoms in total. The minimum atomic E-state index is -3.85. The zero-order chi connectivity index (χ0) is 28.4. The Labute approximate surface area is 220 Å². The molecule has 2 aromatic carbocycles. The van der Waals surface area contributed by atoms with Crippen LogP contribution in [-0.2, 0) is 16.1 Å². The molecule has 0 spiro atoms. The van der Waals surface area contributed by atoms with E-state index in [9.17, 15) is 9.90 Å². The molecule has 3 aromatic rings. The number of halogens is 3. The van der Waals surface area contributed by atoms with Crippen molar-refractivity contribution in [2.45, 2.75) is 57.6 Å². The predicted octanol–water partition coefficient (Wildman–Crippen LogP) is 4.91. The van der Waals surface area contributed by atoms with Crippen LogP contribution < -0.4 is 10.2 Å². The van der Waals surface area contributed by atoms with Crippen molar-refractivity contribution in [3.8, 4) is 0 Å². The van der Waals surface area contributed by atoms with Gasteiger partial charge in [-0.2, -0.15) is 8.78 Å². The highest BCUT2D eigenvalue weighted by atomic mass is 19.3. The number of nitrogens with zero attached hydrogens (tertiary/aromatic N) is 4. The summed E-state index contributed by atoms with van der Waals surface area (Å²) >= 11 is 0. The number of hydrogen-bond acceptors (Lipinski definition) is 6. The Balaban J connectivity index is 1.75. The van der Waals surface area contributed by atoms with Gasteiger partial charge in [-0.05, 0) is 72.5 Å². The second-order valence-electron chi connectivity index (χ2n) is 11.2. The number of carbonyl (C=O) groups excluding carboxylic acids is 1. The van der Waals surface area contributed by atoms with Crippen LogP contribution in [0.15, 0.2) is 30.3 Å². The molecule has 1 aliphatic heterocycles. The Morgan fingerprint density at radius 3 is 2.50 bits per heavy atom. The van der Waals surface area contributed by atoms with Gasteiger partial charge < -0.3 is 20.2 Å². The summed E-state index contributed by atoms with van der Waals surface area (Å²) in [6, 6.07) is 6.71. The summed E-state index contributed by atoms with van der Waals surface area (Å²) in [5, 5.41) is 14.3. The summed E-state index contributed by atoms with van der Waals surface area (Å²) in [6.07, 6.45) is 0. The highest BCUT2D eigenvalue weighted by molar-refractivity contribution is 6.10. The van der Waals surface area contributed by atoms with E-state index in [1.54, 1.807) is 39.9 Å². The maximum atomic E-state index is 15.6. The zero-order valence-electron chi connectivity index (χ0n) is 22.9. The molecule has 204 valence electrons. The van der Waals surface area contributed by atoms with E-state index >= 15 is 13.2 Å². The molecule has 1 aliphatic rings. The Morgan fingerprint density at radius 2 is 1.87 bits per heavy atom. The number of fused-ring (bicyclic) bond motifs is 2. The molecule has 38 heavy (non-hydrogen) atoms. The summed E-state index contributed by atoms with van der Waals surface area (Å²) < 4.78 is 46.3. The number of amides is 1. The van der Waals surface area contributed by atoms with E-state index in [2.05, 4.69) is 15.3 Å². The van der Waals surface area contributed by atoms with Crippen LogP contribution in [0, 0.1) is 12.7 Å². The molecule has 2 N–H and O–H groups in total. The smallest absolute Gasteiger partial charge is 0.305 e. The Bertz CT molecular complexity index is 1420. The molecular weight excluding hydrogens is 495 g/mol. The van der Waals surface area contributed by atoms with E-state index in [1.165, 1.54) is 17.0 Å². The summed E-state index contributed by atoms with van der Waals surface area (Å²) in [5.74, 6) is -4.13. The lowest BCUT2D eigenvalue weighted by Crippen LogP contribution is -2.50. The van der Waals surface area contributed by atoms with Crippen molar-refractivity contribution in [3.05, 3.63) is 58.7 Å². The van der Waals surface area contributed by atoms with Crippen LogP contribution in [0.2, 0.25) is 0 Å². The minimum Gasteiger partial charge on any atom is -0.382 e. The van der Waals surface area contributed by atoms with Crippen LogP contribution in [0.25, 0.3) is 10.9 Å². The van der Waals surface area contributed by atoms with Gasteiger partial charge in [0.1, 0.15) is 23.1 Å². The average molecular weight is 530 g/mol. The number of aromatic nitrogens is 2. The first-order chi connectivity index (χ1) is 17.5. The highest BCUT2D eigenvalue weighted by Gasteiger charge is 2.52. The molecule has 0 fully saturated rings. The van der Waals surface area contributed by atoms with E-state index in [-0.39, 0.29) is 18.0 Å². The lowest BCUT2D eigenvalue weighted by atomic mass is 9.85. The number of rotatable bonds is 7. The maximum absolute atomic E-state index is 15.6. The standard InChI is InChI=1S/C28H34F3N5O2/c1-15(17-10-9-11-19(23(17)29)28(30,31)27(5,38)14-35(6)7)32-24-18-12-22-20(13-21(18)33-16(2)34-24)26(3,4)25(37)36(22)8/h9-13,15,38H,14H2,1-8H3,(H,32,33,34)/t15-,27-/m1/s1. The molecule has 2 heterocycles. The number of aliphatic hydroxyl groups is 1. The SMILES string of the molecule is Cc1nc(N[C@H](C)c2cccc(C(F)(F)[C@](C)(O)CN(C)C)c2F)c2cc3c(cc2n1)C(C)(C)C(=O)N3C. The first-order valence-corrected chi connectivity index (χ1v) is 12.4. The highest BCUT2D eigenvalue weighted by Crippen LogP contribution is 2.44. The predicted molar refractivity (Wildman–Crippen MR) is 142 cm³/mol. The number of hydrogen-bond donors (Lipinski definition) is 2. The number of carbonyl (C=O) groups is 1. The van der Waals surface area contributed by atoms with E-state index in [0.717, 1.165) is 24.2 Å². The van der Waals surface area contributed by atoms with E-state index in [1.807, 2.05) is 26.0 Å². The fourth-order valence-corrected chi connectivity index (χ4v) is 5.23. The molecule has 0 radical (unpaired) electrons. The van der Waals surface area contributed by atoms with Crippen LogP contribution in [0.3, 0.4) is 0 Å². The minimum absolute atomic E-state index is 0.00170.